The number of anilines is 1. The summed E-state index contributed by atoms with van der Waals surface area (Å²) in [4.78, 5) is 5.60. The first-order valence-electron chi connectivity index (χ1n) is 6.86. The Bertz CT molecular complexity index is 419. The molecule has 0 radical (unpaired) electrons. The summed E-state index contributed by atoms with van der Waals surface area (Å²) in [7, 11) is 0. The summed E-state index contributed by atoms with van der Waals surface area (Å²) in [6.45, 7) is 6.60. The molecule has 1 aromatic rings. The second-order valence-corrected chi connectivity index (χ2v) is 4.73. The average molecular weight is 289 g/mol. The van der Waals surface area contributed by atoms with E-state index in [9.17, 15) is 13.2 Å². The molecule has 114 valence electrons. The molecule has 1 heterocycles. The summed E-state index contributed by atoms with van der Waals surface area (Å²) in [5, 5.41) is 3.18. The Kier molecular flexibility index (Phi) is 6.26. The molecule has 1 N–H and O–H groups in total. The van der Waals surface area contributed by atoms with E-state index in [1.54, 1.807) is 6.07 Å². The van der Waals surface area contributed by atoms with Crippen molar-refractivity contribution in [1.82, 2.24) is 10.3 Å². The number of pyridine rings is 1. The molecule has 0 unspecified atom stereocenters. The summed E-state index contributed by atoms with van der Waals surface area (Å²) in [5.41, 5.74) is 1.78. The number of halogens is 3. The highest BCUT2D eigenvalue weighted by atomic mass is 19.4. The van der Waals surface area contributed by atoms with Crippen LogP contribution in [0.3, 0.4) is 0 Å². The van der Waals surface area contributed by atoms with Crippen molar-refractivity contribution >= 4 is 5.82 Å². The molecule has 0 atom stereocenters. The Balaban J connectivity index is 2.89. The SMILES string of the molecule is CCCN(CC(F)(F)F)c1ccc(CNCC)c(C)n1. The minimum Gasteiger partial charge on any atom is -0.348 e. The first-order chi connectivity index (χ1) is 9.37. The molecular formula is C14H22F3N3. The zero-order valence-corrected chi connectivity index (χ0v) is 12.2. The Morgan fingerprint density at radius 3 is 2.45 bits per heavy atom. The molecule has 0 spiro atoms. The van der Waals surface area contributed by atoms with E-state index in [1.807, 2.05) is 26.8 Å². The number of aryl methyl sites for hydroxylation is 1. The molecule has 0 saturated heterocycles. The van der Waals surface area contributed by atoms with Gasteiger partial charge in [-0.05, 0) is 31.5 Å². The summed E-state index contributed by atoms with van der Waals surface area (Å²) in [5.74, 6) is 0.391. The Morgan fingerprint density at radius 1 is 1.25 bits per heavy atom. The minimum absolute atomic E-state index is 0.346. The smallest absolute Gasteiger partial charge is 0.348 e. The maximum absolute atomic E-state index is 12.6. The topological polar surface area (TPSA) is 28.2 Å². The number of hydrogen-bond donors (Lipinski definition) is 1. The second kappa shape index (κ2) is 7.47. The molecule has 3 nitrogen and oxygen atoms in total. The van der Waals surface area contributed by atoms with Gasteiger partial charge in [0, 0.05) is 18.8 Å². The second-order valence-electron chi connectivity index (χ2n) is 4.73. The molecule has 6 heteroatoms. The number of rotatable bonds is 7. The van der Waals surface area contributed by atoms with Crippen LogP contribution in [0.4, 0.5) is 19.0 Å². The maximum Gasteiger partial charge on any atom is 0.405 e. The summed E-state index contributed by atoms with van der Waals surface area (Å²) >= 11 is 0. The van der Waals surface area contributed by atoms with Crippen LogP contribution >= 0.6 is 0 Å². The van der Waals surface area contributed by atoms with Crippen LogP contribution in [-0.4, -0.2) is 30.8 Å². The monoisotopic (exact) mass is 289 g/mol. The lowest BCUT2D eigenvalue weighted by Crippen LogP contribution is -2.35. The van der Waals surface area contributed by atoms with E-state index in [2.05, 4.69) is 10.3 Å². The quantitative estimate of drug-likeness (QED) is 0.835. The predicted octanol–water partition coefficient (Wildman–Crippen LogP) is 3.28. The molecule has 0 saturated carbocycles. The van der Waals surface area contributed by atoms with Crippen LogP contribution in [-0.2, 0) is 6.54 Å². The van der Waals surface area contributed by atoms with Crippen molar-refractivity contribution in [2.75, 3.05) is 24.5 Å². The van der Waals surface area contributed by atoms with Crippen LogP contribution in [0.5, 0.6) is 0 Å². The van der Waals surface area contributed by atoms with Crippen LogP contribution < -0.4 is 10.2 Å². The van der Waals surface area contributed by atoms with Gasteiger partial charge in [-0.2, -0.15) is 13.2 Å². The number of aromatic nitrogens is 1. The third-order valence-corrected chi connectivity index (χ3v) is 2.93. The molecule has 20 heavy (non-hydrogen) atoms. The molecule has 0 aliphatic heterocycles. The van der Waals surface area contributed by atoms with E-state index in [0.717, 1.165) is 17.8 Å². The van der Waals surface area contributed by atoms with Gasteiger partial charge in [0.15, 0.2) is 0 Å². The number of hydrogen-bond acceptors (Lipinski definition) is 3. The lowest BCUT2D eigenvalue weighted by Gasteiger charge is -2.25. The van der Waals surface area contributed by atoms with E-state index >= 15 is 0 Å². The number of nitrogens with zero attached hydrogens (tertiary/aromatic N) is 2. The van der Waals surface area contributed by atoms with Crippen LogP contribution in [0.15, 0.2) is 12.1 Å². The molecule has 1 aromatic heterocycles. The van der Waals surface area contributed by atoms with E-state index < -0.39 is 12.7 Å². The summed E-state index contributed by atoms with van der Waals surface area (Å²) in [6.07, 6.45) is -3.57. The zero-order chi connectivity index (χ0) is 15.2. The van der Waals surface area contributed by atoms with Gasteiger partial charge in [0.1, 0.15) is 12.4 Å². The van der Waals surface area contributed by atoms with Gasteiger partial charge < -0.3 is 10.2 Å². The van der Waals surface area contributed by atoms with Crippen molar-refractivity contribution in [3.8, 4) is 0 Å². The fourth-order valence-corrected chi connectivity index (χ4v) is 1.96. The zero-order valence-electron chi connectivity index (χ0n) is 12.2. The van der Waals surface area contributed by atoms with Crippen molar-refractivity contribution < 1.29 is 13.2 Å². The first-order valence-corrected chi connectivity index (χ1v) is 6.86. The van der Waals surface area contributed by atoms with Crippen molar-refractivity contribution in [1.29, 1.82) is 0 Å². The standard InChI is InChI=1S/C14H22F3N3/c1-4-8-20(10-14(15,16)17)13-7-6-12(9-18-5-2)11(3)19-13/h6-7,18H,4-5,8-10H2,1-3H3. The van der Waals surface area contributed by atoms with Crippen molar-refractivity contribution in [2.24, 2.45) is 0 Å². The highest BCUT2D eigenvalue weighted by molar-refractivity contribution is 5.42. The van der Waals surface area contributed by atoms with Gasteiger partial charge in [-0.15, -0.1) is 0 Å². The molecule has 0 fully saturated rings. The Morgan fingerprint density at radius 2 is 1.95 bits per heavy atom. The largest absolute Gasteiger partial charge is 0.405 e. The third-order valence-electron chi connectivity index (χ3n) is 2.93. The van der Waals surface area contributed by atoms with E-state index in [-0.39, 0.29) is 0 Å². The molecule has 0 amide bonds. The van der Waals surface area contributed by atoms with Crippen LogP contribution in [0.1, 0.15) is 31.5 Å². The van der Waals surface area contributed by atoms with E-state index in [4.69, 9.17) is 0 Å². The lowest BCUT2D eigenvalue weighted by molar-refractivity contribution is -0.119. The molecule has 0 aliphatic carbocycles. The van der Waals surface area contributed by atoms with Gasteiger partial charge in [-0.25, -0.2) is 4.98 Å². The minimum atomic E-state index is -4.22. The fraction of sp³-hybridized carbons (Fsp3) is 0.643. The Hall–Kier alpha value is -1.30. The van der Waals surface area contributed by atoms with Crippen LogP contribution in [0, 0.1) is 6.92 Å². The van der Waals surface area contributed by atoms with E-state index in [0.29, 0.717) is 25.3 Å². The van der Waals surface area contributed by atoms with Gasteiger partial charge in [-0.3, -0.25) is 0 Å². The molecule has 1 rings (SSSR count). The predicted molar refractivity (Wildman–Crippen MR) is 74.9 cm³/mol. The number of nitrogens with one attached hydrogen (secondary N) is 1. The van der Waals surface area contributed by atoms with Crippen molar-refractivity contribution in [2.45, 2.75) is 39.9 Å². The fourth-order valence-electron chi connectivity index (χ4n) is 1.96. The highest BCUT2D eigenvalue weighted by Gasteiger charge is 2.31. The summed E-state index contributed by atoms with van der Waals surface area (Å²) in [6, 6.07) is 3.51. The van der Waals surface area contributed by atoms with Gasteiger partial charge in [-0.1, -0.05) is 19.9 Å². The maximum atomic E-state index is 12.6. The first kappa shape index (κ1) is 16.8. The van der Waals surface area contributed by atoms with Crippen molar-refractivity contribution in [3.63, 3.8) is 0 Å². The molecule has 0 aliphatic rings. The molecular weight excluding hydrogens is 267 g/mol. The normalized spacial score (nSPS) is 11.7. The summed E-state index contributed by atoms with van der Waals surface area (Å²) < 4.78 is 37.7. The van der Waals surface area contributed by atoms with Gasteiger partial charge in [0.25, 0.3) is 0 Å². The molecule has 0 bridgehead atoms. The van der Waals surface area contributed by atoms with Crippen molar-refractivity contribution in [3.05, 3.63) is 23.4 Å². The van der Waals surface area contributed by atoms with Crippen LogP contribution in [0.2, 0.25) is 0 Å². The van der Waals surface area contributed by atoms with E-state index in [1.165, 1.54) is 4.90 Å². The lowest BCUT2D eigenvalue weighted by atomic mass is 10.2. The third kappa shape index (κ3) is 5.36. The highest BCUT2D eigenvalue weighted by Crippen LogP contribution is 2.22. The van der Waals surface area contributed by atoms with Crippen LogP contribution in [0.25, 0.3) is 0 Å². The number of alkyl halides is 3. The van der Waals surface area contributed by atoms with Gasteiger partial charge >= 0.3 is 6.18 Å². The molecule has 0 aromatic carbocycles. The van der Waals surface area contributed by atoms with Gasteiger partial charge in [0.05, 0.1) is 0 Å². The Labute approximate surface area is 118 Å². The van der Waals surface area contributed by atoms with Gasteiger partial charge in [0.2, 0.25) is 0 Å². The average Bonchev–Trinajstić information content (AvgIpc) is 2.35.